The van der Waals surface area contributed by atoms with Gasteiger partial charge >= 0.3 is 0 Å². The molecule has 1 aliphatic heterocycles. The van der Waals surface area contributed by atoms with E-state index >= 15 is 0 Å². The van der Waals surface area contributed by atoms with Crippen LogP contribution in [-0.2, 0) is 11.2 Å². The summed E-state index contributed by atoms with van der Waals surface area (Å²) in [4.78, 5) is 11.3. The smallest absolute Gasteiger partial charge is 0.151 e. The fourth-order valence-corrected chi connectivity index (χ4v) is 1.87. The molecule has 0 fully saturated rings. The van der Waals surface area contributed by atoms with Crippen LogP contribution < -0.4 is 5.32 Å². The molecule has 0 aliphatic carbocycles. The summed E-state index contributed by atoms with van der Waals surface area (Å²) in [5, 5.41) is 3.23. The molecule has 1 aromatic carbocycles. The molecule has 1 N–H and O–H groups in total. The highest BCUT2D eigenvalue weighted by Gasteiger charge is 2.21. The van der Waals surface area contributed by atoms with E-state index in [2.05, 4.69) is 11.4 Å². The van der Waals surface area contributed by atoms with E-state index in [1.165, 1.54) is 5.56 Å². The third-order valence-electron chi connectivity index (χ3n) is 2.52. The minimum atomic E-state index is -0.0788. The highest BCUT2D eigenvalue weighted by molar-refractivity contribution is 5.83. The van der Waals surface area contributed by atoms with Crippen molar-refractivity contribution in [3.63, 3.8) is 0 Å². The van der Waals surface area contributed by atoms with Crippen molar-refractivity contribution in [2.45, 2.75) is 33.2 Å². The fourth-order valence-electron chi connectivity index (χ4n) is 1.87. The maximum Gasteiger partial charge on any atom is 0.151 e. The zero-order valence-electron chi connectivity index (χ0n) is 9.71. The van der Waals surface area contributed by atoms with Crippen LogP contribution >= 0.6 is 0 Å². The summed E-state index contributed by atoms with van der Waals surface area (Å²) >= 11 is 0. The first-order valence-electron chi connectivity index (χ1n) is 5.60. The van der Waals surface area contributed by atoms with Gasteiger partial charge in [-0.1, -0.05) is 38.1 Å². The largest absolute Gasteiger partial charge is 0.303 e. The van der Waals surface area contributed by atoms with Crippen LogP contribution in [-0.4, -0.2) is 12.3 Å². The quantitative estimate of drug-likeness (QED) is 0.763. The molecule has 2 rings (SSSR count). The zero-order valence-corrected chi connectivity index (χ0v) is 9.71. The fraction of sp³-hybridized carbons (Fsp3) is 0.462. The first-order valence-corrected chi connectivity index (χ1v) is 5.60. The molecular formula is C13H19NO. The molecule has 2 nitrogen and oxygen atoms in total. The summed E-state index contributed by atoms with van der Waals surface area (Å²) in [5.74, 6) is 0.201. The average Bonchev–Trinajstić information content (AvgIpc) is 2.31. The number of carbonyl (C=O) groups excluding carboxylic acids is 1. The van der Waals surface area contributed by atoms with E-state index < -0.39 is 0 Å². The lowest BCUT2D eigenvalue weighted by atomic mass is 9.92. The summed E-state index contributed by atoms with van der Waals surface area (Å²) in [5.41, 5.74) is 2.46. The molecule has 0 aromatic heterocycles. The van der Waals surface area contributed by atoms with E-state index in [9.17, 15) is 4.79 Å². The highest BCUT2D eigenvalue weighted by Crippen LogP contribution is 2.22. The minimum absolute atomic E-state index is 0.0788. The first-order chi connectivity index (χ1) is 7.29. The predicted octanol–water partition coefficient (Wildman–Crippen LogP) is 2.49. The molecule has 82 valence electrons. The van der Waals surface area contributed by atoms with Crippen LogP contribution in [0, 0.1) is 0 Å². The maximum atomic E-state index is 11.3. The topological polar surface area (TPSA) is 29.1 Å². The maximum absolute atomic E-state index is 11.3. The van der Waals surface area contributed by atoms with Crippen molar-refractivity contribution in [2.24, 2.45) is 0 Å². The number of rotatable bonds is 1. The Labute approximate surface area is 91.7 Å². The second-order valence-corrected chi connectivity index (χ2v) is 3.45. The number of hydrogen-bond donors (Lipinski definition) is 1. The molecule has 1 heterocycles. The number of Topliss-reactive ketones (excluding diaryl/α,β-unsaturated/α-hetero) is 1. The Morgan fingerprint density at radius 1 is 1.33 bits per heavy atom. The number of ketones is 1. The van der Waals surface area contributed by atoms with Gasteiger partial charge in [-0.15, -0.1) is 0 Å². The number of benzene rings is 1. The molecule has 2 heteroatoms. The van der Waals surface area contributed by atoms with Crippen LogP contribution in [0.1, 0.15) is 37.9 Å². The Morgan fingerprint density at radius 2 is 2.00 bits per heavy atom. The monoisotopic (exact) mass is 205 g/mol. The van der Waals surface area contributed by atoms with E-state index in [0.717, 1.165) is 18.5 Å². The van der Waals surface area contributed by atoms with Gasteiger partial charge in [0.25, 0.3) is 0 Å². The molecule has 0 bridgehead atoms. The summed E-state index contributed by atoms with van der Waals surface area (Å²) < 4.78 is 0. The Balaban J connectivity index is 0.000000531. The Bertz CT molecular complexity index is 333. The second-order valence-electron chi connectivity index (χ2n) is 3.45. The van der Waals surface area contributed by atoms with Crippen LogP contribution in [0.2, 0.25) is 0 Å². The first kappa shape index (κ1) is 11.9. The molecule has 1 unspecified atom stereocenters. The average molecular weight is 205 g/mol. The number of fused-ring (bicyclic) bond motifs is 1. The number of hydrogen-bond acceptors (Lipinski definition) is 2. The van der Waals surface area contributed by atoms with Gasteiger partial charge in [-0.3, -0.25) is 4.79 Å². The van der Waals surface area contributed by atoms with Crippen molar-refractivity contribution in [1.29, 1.82) is 0 Å². The molecule has 0 spiro atoms. The van der Waals surface area contributed by atoms with Crippen molar-refractivity contribution in [1.82, 2.24) is 5.32 Å². The molecular weight excluding hydrogens is 186 g/mol. The van der Waals surface area contributed by atoms with E-state index in [1.807, 2.05) is 32.0 Å². The van der Waals surface area contributed by atoms with Gasteiger partial charge in [0.15, 0.2) is 5.78 Å². The van der Waals surface area contributed by atoms with Gasteiger partial charge in [0.1, 0.15) is 0 Å². The van der Waals surface area contributed by atoms with Crippen LogP contribution in [0.15, 0.2) is 24.3 Å². The highest BCUT2D eigenvalue weighted by atomic mass is 16.1. The lowest BCUT2D eigenvalue weighted by Crippen LogP contribution is -2.33. The van der Waals surface area contributed by atoms with E-state index in [0.29, 0.717) is 0 Å². The molecule has 1 atom stereocenters. The standard InChI is InChI=1S/C11H13NO.C2H6/c1-8(13)11-10-5-3-2-4-9(10)6-7-12-11;1-2/h2-5,11-12H,6-7H2,1H3;1-2H3. The van der Waals surface area contributed by atoms with Crippen molar-refractivity contribution >= 4 is 5.78 Å². The molecule has 0 saturated heterocycles. The van der Waals surface area contributed by atoms with Crippen molar-refractivity contribution in [3.05, 3.63) is 35.4 Å². The van der Waals surface area contributed by atoms with E-state index in [-0.39, 0.29) is 11.8 Å². The molecule has 0 amide bonds. The van der Waals surface area contributed by atoms with Crippen LogP contribution in [0.5, 0.6) is 0 Å². The van der Waals surface area contributed by atoms with Crippen LogP contribution in [0.4, 0.5) is 0 Å². The van der Waals surface area contributed by atoms with E-state index in [4.69, 9.17) is 0 Å². The van der Waals surface area contributed by atoms with Gasteiger partial charge in [0.05, 0.1) is 6.04 Å². The third-order valence-corrected chi connectivity index (χ3v) is 2.52. The SMILES string of the molecule is CC.CC(=O)C1NCCc2ccccc21. The summed E-state index contributed by atoms with van der Waals surface area (Å²) in [6.07, 6.45) is 1.03. The van der Waals surface area contributed by atoms with Gasteiger partial charge in [-0.2, -0.15) is 0 Å². The second kappa shape index (κ2) is 5.66. The Morgan fingerprint density at radius 3 is 2.67 bits per heavy atom. The molecule has 15 heavy (non-hydrogen) atoms. The van der Waals surface area contributed by atoms with Gasteiger partial charge in [0.2, 0.25) is 0 Å². The predicted molar refractivity (Wildman–Crippen MR) is 62.9 cm³/mol. The minimum Gasteiger partial charge on any atom is -0.303 e. The number of carbonyl (C=O) groups is 1. The van der Waals surface area contributed by atoms with Crippen LogP contribution in [0.3, 0.4) is 0 Å². The van der Waals surface area contributed by atoms with Crippen molar-refractivity contribution < 1.29 is 4.79 Å². The van der Waals surface area contributed by atoms with Gasteiger partial charge in [0, 0.05) is 6.54 Å². The van der Waals surface area contributed by atoms with Crippen molar-refractivity contribution in [2.75, 3.05) is 6.54 Å². The molecule has 0 saturated carbocycles. The van der Waals surface area contributed by atoms with Crippen LogP contribution in [0.25, 0.3) is 0 Å². The van der Waals surface area contributed by atoms with Gasteiger partial charge in [-0.05, 0) is 24.5 Å². The lowest BCUT2D eigenvalue weighted by molar-refractivity contribution is -0.119. The normalized spacial score (nSPS) is 18.5. The lowest BCUT2D eigenvalue weighted by Gasteiger charge is -2.24. The van der Waals surface area contributed by atoms with Gasteiger partial charge in [-0.25, -0.2) is 0 Å². The summed E-state index contributed by atoms with van der Waals surface area (Å²) in [6, 6.07) is 8.08. The Hall–Kier alpha value is -1.15. The molecule has 1 aromatic rings. The van der Waals surface area contributed by atoms with Crippen molar-refractivity contribution in [3.8, 4) is 0 Å². The van der Waals surface area contributed by atoms with Gasteiger partial charge < -0.3 is 5.32 Å². The molecule has 1 aliphatic rings. The zero-order chi connectivity index (χ0) is 11.3. The summed E-state index contributed by atoms with van der Waals surface area (Å²) in [7, 11) is 0. The number of nitrogens with one attached hydrogen (secondary N) is 1. The van der Waals surface area contributed by atoms with E-state index in [1.54, 1.807) is 6.92 Å². The molecule has 0 radical (unpaired) electrons. The third kappa shape index (κ3) is 2.66. The Kier molecular flexibility index (Phi) is 4.50. The summed E-state index contributed by atoms with van der Waals surface area (Å²) in [6.45, 7) is 6.54.